The molecule has 1 unspecified atom stereocenters. The van der Waals surface area contributed by atoms with Crippen molar-refractivity contribution in [3.63, 3.8) is 0 Å². The molecule has 2 N–H and O–H groups in total. The lowest BCUT2D eigenvalue weighted by Gasteiger charge is -2.06. The van der Waals surface area contributed by atoms with Crippen molar-refractivity contribution in [3.05, 3.63) is 35.7 Å². The van der Waals surface area contributed by atoms with Crippen LogP contribution in [0.25, 0.3) is 0 Å². The van der Waals surface area contributed by atoms with Crippen LogP contribution in [0.1, 0.15) is 31.3 Å². The SMILES string of the molecule is CCNC(C)c1nnc(NCCc2ccc(OC)cc2)o1. The molecule has 21 heavy (non-hydrogen) atoms. The topological polar surface area (TPSA) is 72.2 Å². The second-order valence-corrected chi connectivity index (χ2v) is 4.75. The number of hydrogen-bond acceptors (Lipinski definition) is 6. The zero-order valence-electron chi connectivity index (χ0n) is 12.7. The van der Waals surface area contributed by atoms with Gasteiger partial charge >= 0.3 is 6.01 Å². The fourth-order valence-corrected chi connectivity index (χ4v) is 1.98. The zero-order valence-corrected chi connectivity index (χ0v) is 12.7. The van der Waals surface area contributed by atoms with Crippen LogP contribution < -0.4 is 15.4 Å². The molecule has 0 amide bonds. The quantitative estimate of drug-likeness (QED) is 0.778. The Morgan fingerprint density at radius 2 is 2.00 bits per heavy atom. The number of hydrogen-bond donors (Lipinski definition) is 2. The highest BCUT2D eigenvalue weighted by molar-refractivity contribution is 5.28. The van der Waals surface area contributed by atoms with E-state index in [4.69, 9.17) is 9.15 Å². The minimum atomic E-state index is 0.0691. The molecule has 6 heteroatoms. The summed E-state index contributed by atoms with van der Waals surface area (Å²) in [5, 5.41) is 14.4. The number of aromatic nitrogens is 2. The lowest BCUT2D eigenvalue weighted by atomic mass is 10.1. The summed E-state index contributed by atoms with van der Waals surface area (Å²) < 4.78 is 10.7. The highest BCUT2D eigenvalue weighted by Crippen LogP contribution is 2.14. The van der Waals surface area contributed by atoms with Crippen molar-refractivity contribution < 1.29 is 9.15 Å². The summed E-state index contributed by atoms with van der Waals surface area (Å²) in [6, 6.07) is 8.54. The Hall–Kier alpha value is -2.08. The normalized spacial score (nSPS) is 12.1. The first kappa shape index (κ1) is 15.3. The molecule has 0 radical (unpaired) electrons. The van der Waals surface area contributed by atoms with E-state index < -0.39 is 0 Å². The molecule has 0 bridgehead atoms. The van der Waals surface area contributed by atoms with Gasteiger partial charge in [-0.2, -0.15) is 0 Å². The molecule has 2 rings (SSSR count). The van der Waals surface area contributed by atoms with E-state index in [0.29, 0.717) is 11.9 Å². The van der Waals surface area contributed by atoms with E-state index in [2.05, 4.69) is 20.8 Å². The molecular weight excluding hydrogens is 268 g/mol. The first-order valence-electron chi connectivity index (χ1n) is 7.16. The van der Waals surface area contributed by atoms with Gasteiger partial charge in [0.15, 0.2) is 0 Å². The third-order valence-electron chi connectivity index (χ3n) is 3.17. The van der Waals surface area contributed by atoms with Gasteiger partial charge in [-0.25, -0.2) is 0 Å². The number of anilines is 1. The molecule has 0 aliphatic heterocycles. The van der Waals surface area contributed by atoms with Crippen molar-refractivity contribution in [2.24, 2.45) is 0 Å². The van der Waals surface area contributed by atoms with Gasteiger partial charge in [0.05, 0.1) is 13.2 Å². The standard InChI is InChI=1S/C15H22N4O2/c1-4-16-11(2)14-18-19-15(21-14)17-10-9-12-5-7-13(20-3)8-6-12/h5-8,11,16H,4,9-10H2,1-3H3,(H,17,19). The summed E-state index contributed by atoms with van der Waals surface area (Å²) in [6.45, 7) is 5.65. The number of ether oxygens (including phenoxy) is 1. The Morgan fingerprint density at radius 1 is 1.24 bits per heavy atom. The van der Waals surface area contributed by atoms with E-state index in [1.165, 1.54) is 5.56 Å². The fourth-order valence-electron chi connectivity index (χ4n) is 1.98. The second kappa shape index (κ2) is 7.64. The van der Waals surface area contributed by atoms with Crippen LogP contribution >= 0.6 is 0 Å². The van der Waals surface area contributed by atoms with Crippen LogP contribution in [0.2, 0.25) is 0 Å². The van der Waals surface area contributed by atoms with Crippen molar-refractivity contribution in [1.29, 1.82) is 0 Å². The van der Waals surface area contributed by atoms with Gasteiger partial charge in [-0.05, 0) is 37.6 Å². The molecule has 0 spiro atoms. The van der Waals surface area contributed by atoms with Gasteiger partial charge in [-0.15, -0.1) is 5.10 Å². The zero-order chi connectivity index (χ0) is 15.1. The Balaban J connectivity index is 1.80. The van der Waals surface area contributed by atoms with Gasteiger partial charge < -0.3 is 19.8 Å². The van der Waals surface area contributed by atoms with Crippen LogP contribution in [0.4, 0.5) is 6.01 Å². The summed E-state index contributed by atoms with van der Waals surface area (Å²) in [6.07, 6.45) is 0.879. The molecule has 0 saturated heterocycles. The van der Waals surface area contributed by atoms with Crippen molar-refractivity contribution in [2.75, 3.05) is 25.5 Å². The third-order valence-corrected chi connectivity index (χ3v) is 3.17. The molecule has 0 fully saturated rings. The average molecular weight is 290 g/mol. The highest BCUT2D eigenvalue weighted by Gasteiger charge is 2.12. The predicted molar refractivity (Wildman–Crippen MR) is 81.6 cm³/mol. The summed E-state index contributed by atoms with van der Waals surface area (Å²) in [4.78, 5) is 0. The van der Waals surface area contributed by atoms with Crippen molar-refractivity contribution in [1.82, 2.24) is 15.5 Å². The molecule has 1 heterocycles. The fraction of sp³-hybridized carbons (Fsp3) is 0.467. The first-order chi connectivity index (χ1) is 10.2. The number of methoxy groups -OCH3 is 1. The molecule has 0 aliphatic carbocycles. The number of rotatable bonds is 8. The maximum absolute atomic E-state index is 5.56. The minimum Gasteiger partial charge on any atom is -0.497 e. The molecule has 0 aliphatic rings. The number of nitrogens with one attached hydrogen (secondary N) is 2. The maximum atomic E-state index is 5.56. The van der Waals surface area contributed by atoms with Gasteiger partial charge in [-0.1, -0.05) is 24.2 Å². The van der Waals surface area contributed by atoms with E-state index in [1.54, 1.807) is 7.11 Å². The molecule has 2 aromatic rings. The van der Waals surface area contributed by atoms with Crippen LogP contribution in [-0.2, 0) is 6.42 Å². The lowest BCUT2D eigenvalue weighted by molar-refractivity contribution is 0.414. The van der Waals surface area contributed by atoms with Crippen LogP contribution in [0.3, 0.4) is 0 Å². The van der Waals surface area contributed by atoms with E-state index >= 15 is 0 Å². The van der Waals surface area contributed by atoms with Gasteiger partial charge in [0.2, 0.25) is 5.89 Å². The largest absolute Gasteiger partial charge is 0.497 e. The van der Waals surface area contributed by atoms with Gasteiger partial charge in [0.1, 0.15) is 5.75 Å². The second-order valence-electron chi connectivity index (χ2n) is 4.75. The van der Waals surface area contributed by atoms with E-state index in [9.17, 15) is 0 Å². The number of nitrogens with zero attached hydrogens (tertiary/aromatic N) is 2. The summed E-state index contributed by atoms with van der Waals surface area (Å²) in [5.74, 6) is 1.47. The molecule has 114 valence electrons. The van der Waals surface area contributed by atoms with Crippen LogP contribution in [0.15, 0.2) is 28.7 Å². The molecule has 1 aromatic heterocycles. The van der Waals surface area contributed by atoms with E-state index in [0.717, 1.165) is 25.3 Å². The Labute approximate surface area is 124 Å². The predicted octanol–water partition coefficient (Wildman–Crippen LogP) is 2.40. The smallest absolute Gasteiger partial charge is 0.315 e. The molecule has 1 aromatic carbocycles. The molecular formula is C15H22N4O2. The van der Waals surface area contributed by atoms with Crippen molar-refractivity contribution >= 4 is 6.01 Å². The minimum absolute atomic E-state index is 0.0691. The highest BCUT2D eigenvalue weighted by atomic mass is 16.5. The van der Waals surface area contributed by atoms with E-state index in [-0.39, 0.29) is 6.04 Å². The van der Waals surface area contributed by atoms with Gasteiger partial charge in [0.25, 0.3) is 0 Å². The molecule has 6 nitrogen and oxygen atoms in total. The first-order valence-corrected chi connectivity index (χ1v) is 7.16. The molecule has 0 saturated carbocycles. The Kier molecular flexibility index (Phi) is 5.57. The van der Waals surface area contributed by atoms with Crippen LogP contribution in [-0.4, -0.2) is 30.4 Å². The van der Waals surface area contributed by atoms with Gasteiger partial charge in [-0.3, -0.25) is 0 Å². The van der Waals surface area contributed by atoms with Gasteiger partial charge in [0, 0.05) is 6.54 Å². The summed E-state index contributed by atoms with van der Waals surface area (Å²) in [7, 11) is 1.66. The maximum Gasteiger partial charge on any atom is 0.315 e. The van der Waals surface area contributed by atoms with Crippen molar-refractivity contribution in [3.8, 4) is 5.75 Å². The lowest BCUT2D eigenvalue weighted by Crippen LogP contribution is -2.17. The van der Waals surface area contributed by atoms with Crippen LogP contribution in [0, 0.1) is 0 Å². The third kappa shape index (κ3) is 4.46. The van der Waals surface area contributed by atoms with E-state index in [1.807, 2.05) is 38.1 Å². The average Bonchev–Trinajstić information content (AvgIpc) is 2.97. The Bertz CT molecular complexity index is 539. The molecule has 1 atom stereocenters. The monoisotopic (exact) mass is 290 g/mol. The summed E-state index contributed by atoms with van der Waals surface area (Å²) >= 11 is 0. The summed E-state index contributed by atoms with van der Waals surface area (Å²) in [5.41, 5.74) is 1.23. The van der Waals surface area contributed by atoms with Crippen LogP contribution in [0.5, 0.6) is 5.75 Å². The van der Waals surface area contributed by atoms with Crippen molar-refractivity contribution in [2.45, 2.75) is 26.3 Å². The Morgan fingerprint density at radius 3 is 2.67 bits per heavy atom. The number of benzene rings is 1.